The number of nitriles is 1. The number of halogens is 1. The summed E-state index contributed by atoms with van der Waals surface area (Å²) in [5, 5.41) is 9.49. The van der Waals surface area contributed by atoms with E-state index >= 15 is 0 Å². The monoisotopic (exact) mass is 387 g/mol. The van der Waals surface area contributed by atoms with Crippen molar-refractivity contribution in [2.45, 2.75) is 18.9 Å². The third kappa shape index (κ3) is 3.89. The maximum absolute atomic E-state index is 9.49. The second-order valence-corrected chi connectivity index (χ2v) is 6.53. The lowest BCUT2D eigenvalue weighted by Gasteiger charge is -2.15. The molecule has 124 valence electrons. The Morgan fingerprint density at radius 3 is 2.71 bits per heavy atom. The van der Waals surface area contributed by atoms with Crippen molar-refractivity contribution in [3.05, 3.63) is 57.6 Å². The molecular formula is C19H18BrNO3. The first-order valence-corrected chi connectivity index (χ1v) is 8.58. The first-order valence-electron chi connectivity index (χ1n) is 7.79. The molecule has 0 radical (unpaired) electrons. The second kappa shape index (κ2) is 7.69. The lowest BCUT2D eigenvalue weighted by atomic mass is 10.00. The third-order valence-corrected chi connectivity index (χ3v) is 4.63. The van der Waals surface area contributed by atoms with Gasteiger partial charge in [-0.15, -0.1) is 0 Å². The van der Waals surface area contributed by atoms with E-state index < -0.39 is 0 Å². The van der Waals surface area contributed by atoms with Gasteiger partial charge in [0.05, 0.1) is 36.4 Å². The van der Waals surface area contributed by atoms with Gasteiger partial charge in [-0.3, -0.25) is 0 Å². The van der Waals surface area contributed by atoms with E-state index in [2.05, 4.69) is 22.0 Å². The Morgan fingerprint density at radius 2 is 2.08 bits per heavy atom. The summed E-state index contributed by atoms with van der Waals surface area (Å²) in [6.45, 7) is 1.32. The zero-order valence-electron chi connectivity index (χ0n) is 13.4. The molecule has 1 heterocycles. The highest BCUT2D eigenvalue weighted by Crippen LogP contribution is 2.31. The Balaban J connectivity index is 1.82. The predicted octanol–water partition coefficient (Wildman–Crippen LogP) is 4.09. The van der Waals surface area contributed by atoms with Crippen LogP contribution in [0.4, 0.5) is 0 Å². The van der Waals surface area contributed by atoms with Crippen LogP contribution < -0.4 is 9.47 Å². The van der Waals surface area contributed by atoms with Crippen LogP contribution >= 0.6 is 15.9 Å². The number of nitrogens with zero attached hydrogens (tertiary/aromatic N) is 1. The zero-order valence-corrected chi connectivity index (χ0v) is 15.0. The average Bonchev–Trinajstić information content (AvgIpc) is 3.11. The minimum Gasteiger partial charge on any atom is -0.497 e. The lowest BCUT2D eigenvalue weighted by molar-refractivity contribution is 0.141. The molecule has 0 saturated carbocycles. The maximum Gasteiger partial charge on any atom is 0.135 e. The van der Waals surface area contributed by atoms with Gasteiger partial charge >= 0.3 is 0 Å². The van der Waals surface area contributed by atoms with E-state index in [-0.39, 0.29) is 6.10 Å². The van der Waals surface area contributed by atoms with Gasteiger partial charge in [0.1, 0.15) is 17.6 Å². The van der Waals surface area contributed by atoms with E-state index in [0.29, 0.717) is 24.3 Å². The molecule has 2 aromatic rings. The highest BCUT2D eigenvalue weighted by Gasteiger charge is 2.19. The summed E-state index contributed by atoms with van der Waals surface area (Å²) in [6, 6.07) is 13.9. The number of hydrogen-bond acceptors (Lipinski definition) is 4. The summed E-state index contributed by atoms with van der Waals surface area (Å²) in [7, 11) is 1.65. The van der Waals surface area contributed by atoms with Gasteiger partial charge in [0.15, 0.2) is 0 Å². The fourth-order valence-corrected chi connectivity index (χ4v) is 3.17. The van der Waals surface area contributed by atoms with Crippen molar-refractivity contribution in [3.8, 4) is 17.6 Å². The van der Waals surface area contributed by atoms with Crippen LogP contribution in [-0.4, -0.2) is 26.4 Å². The van der Waals surface area contributed by atoms with Crippen LogP contribution in [0.1, 0.15) is 23.1 Å². The average molecular weight is 388 g/mol. The summed E-state index contributed by atoms with van der Waals surface area (Å²) in [6.07, 6.45) is 1.61. The van der Waals surface area contributed by atoms with E-state index in [1.807, 2.05) is 30.3 Å². The quantitative estimate of drug-likeness (QED) is 0.775. The normalized spacial score (nSPS) is 16.6. The van der Waals surface area contributed by atoms with Gasteiger partial charge in [-0.2, -0.15) is 5.26 Å². The number of hydrogen-bond donors (Lipinski definition) is 0. The Kier molecular flexibility index (Phi) is 5.39. The summed E-state index contributed by atoms with van der Waals surface area (Å²) in [4.78, 5) is 0. The van der Waals surface area contributed by atoms with Gasteiger partial charge in [-0.1, -0.05) is 12.1 Å². The van der Waals surface area contributed by atoms with Crippen molar-refractivity contribution in [3.63, 3.8) is 0 Å². The molecule has 1 atom stereocenters. The molecule has 24 heavy (non-hydrogen) atoms. The molecular weight excluding hydrogens is 370 g/mol. The zero-order chi connectivity index (χ0) is 16.9. The number of ether oxygens (including phenoxy) is 3. The largest absolute Gasteiger partial charge is 0.497 e. The number of rotatable bonds is 5. The first kappa shape index (κ1) is 16.8. The highest BCUT2D eigenvalue weighted by molar-refractivity contribution is 9.10. The van der Waals surface area contributed by atoms with E-state index in [9.17, 15) is 5.26 Å². The molecule has 1 saturated heterocycles. The maximum atomic E-state index is 9.49. The van der Waals surface area contributed by atoms with Gasteiger partial charge in [0.25, 0.3) is 0 Å². The molecule has 1 aliphatic rings. The molecule has 1 aliphatic heterocycles. The molecule has 0 N–H and O–H groups in total. The molecule has 4 nitrogen and oxygen atoms in total. The van der Waals surface area contributed by atoms with Crippen molar-refractivity contribution in [1.82, 2.24) is 0 Å². The van der Waals surface area contributed by atoms with Crippen molar-refractivity contribution >= 4 is 15.9 Å². The minimum absolute atomic E-state index is 0.0558. The number of benzene rings is 2. The molecule has 0 unspecified atom stereocenters. The minimum atomic E-state index is 0.0558. The van der Waals surface area contributed by atoms with Crippen LogP contribution in [-0.2, 0) is 11.2 Å². The van der Waals surface area contributed by atoms with Crippen molar-refractivity contribution in [1.29, 1.82) is 5.26 Å². The predicted molar refractivity (Wildman–Crippen MR) is 94.5 cm³/mol. The van der Waals surface area contributed by atoms with Gasteiger partial charge in [-0.05, 0) is 57.7 Å². The molecule has 2 aromatic carbocycles. The summed E-state index contributed by atoms with van der Waals surface area (Å²) in [5.74, 6) is 1.52. The molecule has 1 fully saturated rings. The fraction of sp³-hybridized carbons (Fsp3) is 0.316. The molecule has 0 bridgehead atoms. The van der Waals surface area contributed by atoms with Crippen LogP contribution in [0.15, 0.2) is 40.9 Å². The van der Waals surface area contributed by atoms with Crippen molar-refractivity contribution in [2.75, 3.05) is 20.3 Å². The molecule has 0 amide bonds. The van der Waals surface area contributed by atoms with E-state index in [1.165, 1.54) is 0 Å². The van der Waals surface area contributed by atoms with Gasteiger partial charge < -0.3 is 14.2 Å². The Morgan fingerprint density at radius 1 is 1.29 bits per heavy atom. The topological polar surface area (TPSA) is 51.5 Å². The van der Waals surface area contributed by atoms with E-state index in [1.54, 1.807) is 13.2 Å². The SMILES string of the molecule is COc1ccc(Cc2cc(Br)c(O[C@H]3CCOC3)cc2C#N)cc1. The molecule has 0 aromatic heterocycles. The van der Waals surface area contributed by atoms with Crippen molar-refractivity contribution < 1.29 is 14.2 Å². The van der Waals surface area contributed by atoms with Gasteiger partial charge in [-0.25, -0.2) is 0 Å². The summed E-state index contributed by atoms with van der Waals surface area (Å²) < 4.78 is 17.3. The standard InChI is InChI=1S/C19H18BrNO3/c1-22-16-4-2-13(3-5-16)8-14-9-18(20)19(10-15(14)11-21)24-17-6-7-23-12-17/h2-5,9-10,17H,6-8,12H2,1H3/t17-/m0/s1. The molecule has 5 heteroatoms. The molecule has 0 spiro atoms. The Bertz CT molecular complexity index is 746. The van der Waals surface area contributed by atoms with Crippen molar-refractivity contribution in [2.24, 2.45) is 0 Å². The first-order chi connectivity index (χ1) is 11.7. The van der Waals surface area contributed by atoms with Crippen LogP contribution in [0.3, 0.4) is 0 Å². The number of methoxy groups -OCH3 is 1. The van der Waals surface area contributed by atoms with E-state index in [4.69, 9.17) is 14.2 Å². The van der Waals surface area contributed by atoms with Crippen LogP contribution in [0.2, 0.25) is 0 Å². The Labute approximate surface area is 150 Å². The Hall–Kier alpha value is -2.03. The van der Waals surface area contributed by atoms with E-state index in [0.717, 1.165) is 34.4 Å². The summed E-state index contributed by atoms with van der Waals surface area (Å²) in [5.41, 5.74) is 2.71. The summed E-state index contributed by atoms with van der Waals surface area (Å²) >= 11 is 3.56. The highest BCUT2D eigenvalue weighted by atomic mass is 79.9. The molecule has 0 aliphatic carbocycles. The van der Waals surface area contributed by atoms with Gasteiger partial charge in [0, 0.05) is 6.42 Å². The fourth-order valence-electron chi connectivity index (χ4n) is 2.68. The smallest absolute Gasteiger partial charge is 0.135 e. The molecule has 3 rings (SSSR count). The van der Waals surface area contributed by atoms with Gasteiger partial charge in [0.2, 0.25) is 0 Å². The third-order valence-electron chi connectivity index (χ3n) is 4.01. The van der Waals surface area contributed by atoms with Crippen LogP contribution in [0.25, 0.3) is 0 Å². The lowest BCUT2D eigenvalue weighted by Crippen LogP contribution is -2.16. The van der Waals surface area contributed by atoms with Crippen LogP contribution in [0.5, 0.6) is 11.5 Å². The van der Waals surface area contributed by atoms with Crippen LogP contribution in [0, 0.1) is 11.3 Å². The second-order valence-electron chi connectivity index (χ2n) is 5.68.